The molecule has 1 amide bonds. The molecule has 1 aliphatic heterocycles. The summed E-state index contributed by atoms with van der Waals surface area (Å²) in [6.45, 7) is 12.3. The standard InChI is InChI=1S/C18H26N2O4/c1-6-23-13(2)14-7-8-15(19-11-14)18(22)9-10-20(12-18)16(21)24-17(3,4)5/h7-8,11,22H,2,6,9-10,12H2,1,3-5H3. The normalized spacial score (nSPS) is 20.8. The number of rotatable bonds is 4. The molecule has 1 atom stereocenters. The van der Waals surface area contributed by atoms with Crippen LogP contribution >= 0.6 is 0 Å². The van der Waals surface area contributed by atoms with Crippen LogP contribution in [0.25, 0.3) is 5.76 Å². The summed E-state index contributed by atoms with van der Waals surface area (Å²) in [7, 11) is 0. The Kier molecular flexibility index (Phi) is 5.18. The van der Waals surface area contributed by atoms with Crippen molar-refractivity contribution in [2.24, 2.45) is 0 Å². The van der Waals surface area contributed by atoms with Crippen LogP contribution in [0.1, 0.15) is 45.4 Å². The number of aliphatic hydroxyl groups is 1. The molecule has 0 aromatic carbocycles. The maximum Gasteiger partial charge on any atom is 0.410 e. The number of ether oxygens (including phenoxy) is 2. The number of aromatic nitrogens is 1. The smallest absolute Gasteiger partial charge is 0.410 e. The van der Waals surface area contributed by atoms with Crippen LogP contribution in [0.15, 0.2) is 24.9 Å². The van der Waals surface area contributed by atoms with E-state index in [9.17, 15) is 9.90 Å². The molecule has 1 aromatic heterocycles. The van der Waals surface area contributed by atoms with Crippen molar-refractivity contribution < 1.29 is 19.4 Å². The molecule has 1 aliphatic rings. The zero-order chi connectivity index (χ0) is 18.0. The highest BCUT2D eigenvalue weighted by molar-refractivity contribution is 5.68. The molecule has 1 fully saturated rings. The lowest BCUT2D eigenvalue weighted by atomic mass is 9.98. The largest absolute Gasteiger partial charge is 0.494 e. The first-order valence-corrected chi connectivity index (χ1v) is 8.13. The summed E-state index contributed by atoms with van der Waals surface area (Å²) < 4.78 is 10.7. The maximum absolute atomic E-state index is 12.1. The number of carbonyl (C=O) groups excluding carboxylic acids is 1. The molecule has 6 heteroatoms. The van der Waals surface area contributed by atoms with Gasteiger partial charge in [0.05, 0.1) is 18.8 Å². The molecule has 1 saturated heterocycles. The van der Waals surface area contributed by atoms with Crippen molar-refractivity contribution >= 4 is 11.9 Å². The van der Waals surface area contributed by atoms with Gasteiger partial charge in [-0.05, 0) is 39.8 Å². The van der Waals surface area contributed by atoms with Crippen LogP contribution in [0.3, 0.4) is 0 Å². The van der Waals surface area contributed by atoms with Gasteiger partial charge in [-0.1, -0.05) is 6.58 Å². The Bertz CT molecular complexity index is 606. The fourth-order valence-electron chi connectivity index (χ4n) is 2.58. The molecule has 0 spiro atoms. The van der Waals surface area contributed by atoms with Crippen molar-refractivity contribution in [3.8, 4) is 0 Å². The Morgan fingerprint density at radius 2 is 2.17 bits per heavy atom. The number of likely N-dealkylation sites (tertiary alicyclic amines) is 1. The van der Waals surface area contributed by atoms with E-state index in [1.54, 1.807) is 12.3 Å². The van der Waals surface area contributed by atoms with Gasteiger partial charge in [0.25, 0.3) is 0 Å². The molecule has 0 saturated carbocycles. The second-order valence-corrected chi connectivity index (χ2v) is 6.97. The number of β-amino-alcohol motifs (C(OH)–C–C–N with tert-alkyl or cyclic N) is 1. The van der Waals surface area contributed by atoms with Gasteiger partial charge in [-0.25, -0.2) is 4.79 Å². The van der Waals surface area contributed by atoms with E-state index >= 15 is 0 Å². The summed E-state index contributed by atoms with van der Waals surface area (Å²) in [4.78, 5) is 18.0. The average molecular weight is 334 g/mol. The molecule has 6 nitrogen and oxygen atoms in total. The number of amides is 1. The Morgan fingerprint density at radius 1 is 1.46 bits per heavy atom. The number of carbonyl (C=O) groups is 1. The van der Waals surface area contributed by atoms with Crippen LogP contribution in [0.2, 0.25) is 0 Å². The minimum atomic E-state index is -1.16. The summed E-state index contributed by atoms with van der Waals surface area (Å²) in [5.74, 6) is 0.547. The molecule has 1 aromatic rings. The second-order valence-electron chi connectivity index (χ2n) is 6.97. The van der Waals surface area contributed by atoms with E-state index in [0.29, 0.717) is 31.0 Å². The van der Waals surface area contributed by atoms with Gasteiger partial charge in [0, 0.05) is 24.7 Å². The number of hydrogen-bond donors (Lipinski definition) is 1. The van der Waals surface area contributed by atoms with E-state index in [1.165, 1.54) is 4.90 Å². The van der Waals surface area contributed by atoms with Gasteiger partial charge in [-0.2, -0.15) is 0 Å². The summed E-state index contributed by atoms with van der Waals surface area (Å²) in [5, 5.41) is 10.8. The Balaban J connectivity index is 2.07. The summed E-state index contributed by atoms with van der Waals surface area (Å²) in [5.41, 5.74) is -0.424. The lowest BCUT2D eigenvalue weighted by Gasteiger charge is -2.26. The predicted octanol–water partition coefficient (Wildman–Crippen LogP) is 2.92. The van der Waals surface area contributed by atoms with Crippen molar-refractivity contribution in [3.63, 3.8) is 0 Å². The highest BCUT2D eigenvalue weighted by Crippen LogP contribution is 2.32. The van der Waals surface area contributed by atoms with E-state index in [-0.39, 0.29) is 6.54 Å². The van der Waals surface area contributed by atoms with Crippen LogP contribution < -0.4 is 0 Å². The van der Waals surface area contributed by atoms with E-state index in [0.717, 1.165) is 5.56 Å². The average Bonchev–Trinajstić information content (AvgIpc) is 2.90. The lowest BCUT2D eigenvalue weighted by molar-refractivity contribution is 0.0126. The molecule has 0 radical (unpaired) electrons. The SMILES string of the molecule is C=C(OCC)c1ccc(C2(O)CCN(C(=O)OC(C)(C)C)C2)nc1. The van der Waals surface area contributed by atoms with Crippen molar-refractivity contribution in [2.45, 2.75) is 45.3 Å². The first kappa shape index (κ1) is 18.3. The van der Waals surface area contributed by atoms with Crippen molar-refractivity contribution in [3.05, 3.63) is 36.2 Å². The molecule has 1 N–H and O–H groups in total. The summed E-state index contributed by atoms with van der Waals surface area (Å²) in [6.07, 6.45) is 1.63. The third kappa shape index (κ3) is 4.26. The monoisotopic (exact) mass is 334 g/mol. The summed E-state index contributed by atoms with van der Waals surface area (Å²) in [6, 6.07) is 3.56. The van der Waals surface area contributed by atoms with Gasteiger partial charge in [0.1, 0.15) is 17.0 Å². The Morgan fingerprint density at radius 3 is 2.71 bits per heavy atom. The maximum atomic E-state index is 12.1. The third-order valence-electron chi connectivity index (χ3n) is 3.78. The van der Waals surface area contributed by atoms with Gasteiger partial charge in [0.15, 0.2) is 0 Å². The lowest BCUT2D eigenvalue weighted by Crippen LogP contribution is -2.38. The summed E-state index contributed by atoms with van der Waals surface area (Å²) >= 11 is 0. The minimum Gasteiger partial charge on any atom is -0.494 e. The van der Waals surface area contributed by atoms with E-state index in [4.69, 9.17) is 9.47 Å². The minimum absolute atomic E-state index is 0.167. The molecule has 0 bridgehead atoms. The fraction of sp³-hybridized carbons (Fsp3) is 0.556. The van der Waals surface area contributed by atoms with Gasteiger partial charge in [0.2, 0.25) is 0 Å². The van der Waals surface area contributed by atoms with Gasteiger partial charge in [-0.15, -0.1) is 0 Å². The molecule has 2 heterocycles. The molecule has 2 rings (SSSR count). The zero-order valence-electron chi connectivity index (χ0n) is 14.8. The van der Waals surface area contributed by atoms with E-state index in [2.05, 4.69) is 11.6 Å². The first-order valence-electron chi connectivity index (χ1n) is 8.13. The number of pyridine rings is 1. The molecular formula is C18H26N2O4. The second kappa shape index (κ2) is 6.81. The fourth-order valence-corrected chi connectivity index (χ4v) is 2.58. The van der Waals surface area contributed by atoms with Crippen molar-refractivity contribution in [2.75, 3.05) is 19.7 Å². The van der Waals surface area contributed by atoms with Crippen LogP contribution in [0.5, 0.6) is 0 Å². The van der Waals surface area contributed by atoms with Gasteiger partial charge < -0.3 is 19.5 Å². The number of nitrogens with zero attached hydrogens (tertiary/aromatic N) is 2. The van der Waals surface area contributed by atoms with Gasteiger partial charge in [-0.3, -0.25) is 4.98 Å². The van der Waals surface area contributed by atoms with Gasteiger partial charge >= 0.3 is 6.09 Å². The highest BCUT2D eigenvalue weighted by atomic mass is 16.6. The van der Waals surface area contributed by atoms with Crippen molar-refractivity contribution in [1.82, 2.24) is 9.88 Å². The number of hydrogen-bond acceptors (Lipinski definition) is 5. The Labute approximate surface area is 143 Å². The highest BCUT2D eigenvalue weighted by Gasteiger charge is 2.42. The molecule has 0 aliphatic carbocycles. The quantitative estimate of drug-likeness (QED) is 0.857. The van der Waals surface area contributed by atoms with Crippen LogP contribution in [-0.2, 0) is 15.1 Å². The molecule has 132 valence electrons. The molecule has 24 heavy (non-hydrogen) atoms. The molecular weight excluding hydrogens is 308 g/mol. The molecule has 1 unspecified atom stereocenters. The zero-order valence-corrected chi connectivity index (χ0v) is 14.8. The van der Waals surface area contributed by atoms with Crippen LogP contribution in [0, 0.1) is 0 Å². The van der Waals surface area contributed by atoms with E-state index < -0.39 is 17.3 Å². The topological polar surface area (TPSA) is 71.9 Å². The van der Waals surface area contributed by atoms with Crippen LogP contribution in [-0.4, -0.2) is 46.4 Å². The first-order chi connectivity index (χ1) is 11.1. The van der Waals surface area contributed by atoms with Crippen molar-refractivity contribution in [1.29, 1.82) is 0 Å². The predicted molar refractivity (Wildman–Crippen MR) is 91.2 cm³/mol. The Hall–Kier alpha value is -2.08. The van der Waals surface area contributed by atoms with E-state index in [1.807, 2.05) is 33.8 Å². The van der Waals surface area contributed by atoms with Crippen LogP contribution in [0.4, 0.5) is 4.79 Å². The third-order valence-corrected chi connectivity index (χ3v) is 3.78.